The third kappa shape index (κ3) is 9.29. The molecule has 1 amide bonds. The average Bonchev–Trinajstić information content (AvgIpc) is 3.18. The number of hydrogen-bond acceptors (Lipinski definition) is 5. The van der Waals surface area contributed by atoms with Crippen molar-refractivity contribution in [3.05, 3.63) is 45.9 Å². The first-order valence-electron chi connectivity index (χ1n) is 9.14. The van der Waals surface area contributed by atoms with Crippen LogP contribution in [0.1, 0.15) is 23.2 Å². The zero-order valence-electron chi connectivity index (χ0n) is 17.3. The Morgan fingerprint density at radius 2 is 2.03 bits per heavy atom. The first-order valence-corrected chi connectivity index (χ1v) is 10.0. The number of likely N-dealkylation sites (N-methyl/N-ethyl adjacent to an activating group) is 1. The van der Waals surface area contributed by atoms with Crippen LogP contribution in [0.3, 0.4) is 0 Å². The maximum atomic E-state index is 12.7. The number of hydrogen-bond donors (Lipinski definition) is 2. The second kappa shape index (κ2) is 12.7. The Morgan fingerprint density at radius 3 is 2.65 bits per heavy atom. The van der Waals surface area contributed by atoms with Crippen LogP contribution >= 0.6 is 35.3 Å². The average molecular weight is 571 g/mol. The number of guanidine groups is 1. The zero-order valence-corrected chi connectivity index (χ0v) is 20.5. The molecule has 0 aliphatic heterocycles. The summed E-state index contributed by atoms with van der Waals surface area (Å²) in [4.78, 5) is 21.1. The highest BCUT2D eigenvalue weighted by atomic mass is 127. The number of halogens is 4. The summed E-state index contributed by atoms with van der Waals surface area (Å²) in [5.41, 5.74) is -0.0357. The van der Waals surface area contributed by atoms with E-state index in [1.165, 1.54) is 4.90 Å². The molecule has 0 unspecified atom stereocenters. The van der Waals surface area contributed by atoms with Gasteiger partial charge in [-0.2, -0.15) is 13.2 Å². The molecule has 1 aromatic carbocycles. The van der Waals surface area contributed by atoms with Gasteiger partial charge in [0.2, 0.25) is 0 Å². The number of aliphatic imine (C=N–C) groups is 1. The van der Waals surface area contributed by atoms with Crippen LogP contribution in [-0.2, 0) is 24.1 Å². The Kier molecular flexibility index (Phi) is 11.0. The summed E-state index contributed by atoms with van der Waals surface area (Å²) in [6, 6.07) is 7.20. The molecular weight excluding hydrogens is 546 g/mol. The van der Waals surface area contributed by atoms with Crippen LogP contribution in [0.2, 0.25) is 0 Å². The number of alkyl halides is 3. The van der Waals surface area contributed by atoms with Crippen LogP contribution in [0.4, 0.5) is 13.2 Å². The van der Waals surface area contributed by atoms with Crippen molar-refractivity contribution in [2.75, 3.05) is 27.2 Å². The van der Waals surface area contributed by atoms with Crippen molar-refractivity contribution < 1.29 is 22.7 Å². The van der Waals surface area contributed by atoms with E-state index >= 15 is 0 Å². The third-order valence-electron chi connectivity index (χ3n) is 3.77. The van der Waals surface area contributed by atoms with Gasteiger partial charge in [-0.3, -0.25) is 4.79 Å². The summed E-state index contributed by atoms with van der Waals surface area (Å²) in [5.74, 6) is 0.863. The lowest BCUT2D eigenvalue weighted by Gasteiger charge is -2.12. The first kappa shape index (κ1) is 26.9. The normalized spacial score (nSPS) is 11.5. The molecule has 0 atom stereocenters. The molecule has 0 saturated carbocycles. The number of thiazole rings is 1. The molecular formula is C19H25F3IN5O2S. The van der Waals surface area contributed by atoms with Gasteiger partial charge >= 0.3 is 6.18 Å². The second-order valence-corrected chi connectivity index (χ2v) is 7.34. The van der Waals surface area contributed by atoms with E-state index in [-0.39, 0.29) is 43.0 Å². The highest BCUT2D eigenvalue weighted by molar-refractivity contribution is 14.0. The number of nitrogens with zero attached hydrogens (tertiary/aromatic N) is 3. The molecule has 0 spiro atoms. The predicted octanol–water partition coefficient (Wildman–Crippen LogP) is 3.50. The van der Waals surface area contributed by atoms with E-state index in [0.717, 1.165) is 22.3 Å². The number of benzene rings is 1. The third-order valence-corrected chi connectivity index (χ3v) is 4.62. The second-order valence-electron chi connectivity index (χ2n) is 6.40. The Hall–Kier alpha value is -2.09. The molecule has 0 saturated heterocycles. The maximum Gasteiger partial charge on any atom is 0.434 e. The number of nitrogens with one attached hydrogen (secondary N) is 2. The van der Waals surface area contributed by atoms with Crippen LogP contribution in [0.25, 0.3) is 0 Å². The van der Waals surface area contributed by atoms with Crippen LogP contribution in [0.5, 0.6) is 5.75 Å². The topological polar surface area (TPSA) is 78.9 Å². The van der Waals surface area contributed by atoms with Gasteiger partial charge in [0.15, 0.2) is 18.3 Å². The molecule has 0 radical (unpaired) electrons. The molecule has 2 rings (SSSR count). The lowest BCUT2D eigenvalue weighted by molar-refractivity contribution is -0.140. The standard InChI is InChI=1S/C19H24F3N5O2S.HI/c1-4-23-18(25-10-16-26-15(12-30-16)19(20,21)22)24-9-13-6-5-7-14(8-13)29-11-17(28)27(2)3;/h5-8,12H,4,9-11H2,1-3H3,(H2,23,24,25);1H. The summed E-state index contributed by atoms with van der Waals surface area (Å²) >= 11 is 0.939. The molecule has 0 aliphatic carbocycles. The van der Waals surface area contributed by atoms with Crippen molar-refractivity contribution >= 4 is 47.2 Å². The molecule has 7 nitrogen and oxygen atoms in total. The fourth-order valence-electron chi connectivity index (χ4n) is 2.20. The summed E-state index contributed by atoms with van der Waals surface area (Å²) < 4.78 is 43.5. The lowest BCUT2D eigenvalue weighted by Crippen LogP contribution is -2.36. The predicted molar refractivity (Wildman–Crippen MR) is 125 cm³/mol. The van der Waals surface area contributed by atoms with Gasteiger partial charge in [0.25, 0.3) is 5.91 Å². The van der Waals surface area contributed by atoms with Crippen molar-refractivity contribution in [3.8, 4) is 5.75 Å². The van der Waals surface area contributed by atoms with Crippen LogP contribution in [-0.4, -0.2) is 49.0 Å². The minimum absolute atomic E-state index is 0. The monoisotopic (exact) mass is 571 g/mol. The minimum Gasteiger partial charge on any atom is -0.484 e. The molecule has 31 heavy (non-hydrogen) atoms. The Balaban J connectivity index is 0.00000480. The van der Waals surface area contributed by atoms with Gasteiger partial charge in [0.05, 0.1) is 13.1 Å². The van der Waals surface area contributed by atoms with E-state index in [9.17, 15) is 18.0 Å². The van der Waals surface area contributed by atoms with Gasteiger partial charge < -0.3 is 20.3 Å². The number of carbonyl (C=O) groups is 1. The van der Waals surface area contributed by atoms with Crippen molar-refractivity contribution in [1.82, 2.24) is 20.5 Å². The van der Waals surface area contributed by atoms with Gasteiger partial charge in [0, 0.05) is 26.0 Å². The highest BCUT2D eigenvalue weighted by Gasteiger charge is 2.33. The van der Waals surface area contributed by atoms with Crippen LogP contribution in [0.15, 0.2) is 34.6 Å². The molecule has 0 bridgehead atoms. The molecule has 2 N–H and O–H groups in total. The van der Waals surface area contributed by atoms with E-state index in [0.29, 0.717) is 29.8 Å². The zero-order chi connectivity index (χ0) is 22.1. The summed E-state index contributed by atoms with van der Waals surface area (Å²) in [6.45, 7) is 2.87. The number of carbonyl (C=O) groups excluding carboxylic acids is 1. The van der Waals surface area contributed by atoms with Crippen molar-refractivity contribution in [2.24, 2.45) is 4.99 Å². The fourth-order valence-corrected chi connectivity index (χ4v) is 2.94. The molecule has 12 heteroatoms. The molecule has 0 fully saturated rings. The SMILES string of the molecule is CCNC(=NCc1cccc(OCC(=O)N(C)C)c1)NCc1nc(C(F)(F)F)cs1.I. The summed E-state index contributed by atoms with van der Waals surface area (Å²) in [5, 5.41) is 7.32. The smallest absolute Gasteiger partial charge is 0.434 e. The van der Waals surface area contributed by atoms with Gasteiger partial charge in [-0.15, -0.1) is 35.3 Å². The van der Waals surface area contributed by atoms with Gasteiger partial charge in [0.1, 0.15) is 10.8 Å². The molecule has 1 heterocycles. The highest BCUT2D eigenvalue weighted by Crippen LogP contribution is 2.29. The van der Waals surface area contributed by atoms with Crippen molar-refractivity contribution in [2.45, 2.75) is 26.2 Å². The quantitative estimate of drug-likeness (QED) is 0.288. The minimum atomic E-state index is -4.45. The fraction of sp³-hybridized carbons (Fsp3) is 0.421. The summed E-state index contributed by atoms with van der Waals surface area (Å²) in [6.07, 6.45) is -4.45. The van der Waals surface area contributed by atoms with Crippen molar-refractivity contribution in [1.29, 1.82) is 0 Å². The van der Waals surface area contributed by atoms with E-state index in [4.69, 9.17) is 4.74 Å². The number of aromatic nitrogens is 1. The Bertz CT molecular complexity index is 874. The van der Waals surface area contributed by atoms with Crippen LogP contribution < -0.4 is 15.4 Å². The number of amides is 1. The maximum absolute atomic E-state index is 12.7. The van der Waals surface area contributed by atoms with E-state index in [1.54, 1.807) is 32.3 Å². The van der Waals surface area contributed by atoms with Gasteiger partial charge in [-0.05, 0) is 24.6 Å². The number of rotatable bonds is 8. The van der Waals surface area contributed by atoms with Gasteiger partial charge in [-0.25, -0.2) is 9.98 Å². The van der Waals surface area contributed by atoms with Gasteiger partial charge in [-0.1, -0.05) is 12.1 Å². The summed E-state index contributed by atoms with van der Waals surface area (Å²) in [7, 11) is 3.31. The van der Waals surface area contributed by atoms with Crippen molar-refractivity contribution in [3.63, 3.8) is 0 Å². The van der Waals surface area contributed by atoms with E-state index in [2.05, 4.69) is 20.6 Å². The molecule has 2 aromatic rings. The lowest BCUT2D eigenvalue weighted by atomic mass is 10.2. The van der Waals surface area contributed by atoms with E-state index in [1.807, 2.05) is 13.0 Å². The molecule has 172 valence electrons. The molecule has 1 aromatic heterocycles. The van der Waals surface area contributed by atoms with E-state index < -0.39 is 11.9 Å². The Labute approximate surface area is 200 Å². The largest absolute Gasteiger partial charge is 0.484 e. The Morgan fingerprint density at radius 1 is 1.29 bits per heavy atom. The number of ether oxygens (including phenoxy) is 1. The molecule has 0 aliphatic rings. The first-order chi connectivity index (χ1) is 14.2. The van der Waals surface area contributed by atoms with Crippen LogP contribution in [0, 0.1) is 0 Å².